The van der Waals surface area contributed by atoms with E-state index in [1.165, 1.54) is 6.33 Å². The van der Waals surface area contributed by atoms with Crippen molar-refractivity contribution in [1.29, 1.82) is 0 Å². The van der Waals surface area contributed by atoms with Gasteiger partial charge in [-0.05, 0) is 59.4 Å². The van der Waals surface area contributed by atoms with Crippen LogP contribution in [0, 0.1) is 17.8 Å². The summed E-state index contributed by atoms with van der Waals surface area (Å²) in [5, 5.41) is 14.0. The smallest absolute Gasteiger partial charge is 0.228 e. The summed E-state index contributed by atoms with van der Waals surface area (Å²) >= 11 is 0. The van der Waals surface area contributed by atoms with Crippen LogP contribution >= 0.6 is 0 Å². The number of benzene rings is 1. The van der Waals surface area contributed by atoms with E-state index in [0.717, 1.165) is 24.2 Å². The van der Waals surface area contributed by atoms with Gasteiger partial charge in [0.25, 0.3) is 0 Å². The van der Waals surface area contributed by atoms with E-state index < -0.39 is 0 Å². The minimum atomic E-state index is 0.124. The van der Waals surface area contributed by atoms with E-state index in [1.54, 1.807) is 4.68 Å². The summed E-state index contributed by atoms with van der Waals surface area (Å²) in [6.07, 6.45) is 8.09. The molecule has 21 heavy (non-hydrogen) atoms. The van der Waals surface area contributed by atoms with E-state index in [9.17, 15) is 4.79 Å². The Labute approximate surface area is 121 Å². The summed E-state index contributed by atoms with van der Waals surface area (Å²) in [5.41, 5.74) is 1.67. The fourth-order valence-corrected chi connectivity index (χ4v) is 3.29. The third-order valence-electron chi connectivity index (χ3n) is 4.36. The van der Waals surface area contributed by atoms with Crippen molar-refractivity contribution in [1.82, 2.24) is 20.2 Å². The monoisotopic (exact) mass is 281 g/mol. The number of amides is 1. The molecule has 1 amide bonds. The Hall–Kier alpha value is -2.50. The number of hydrogen-bond acceptors (Lipinski definition) is 4. The fraction of sp³-hybridized carbons (Fsp3) is 0.333. The molecule has 4 rings (SSSR count). The molecule has 6 nitrogen and oxygen atoms in total. The number of rotatable bonds is 3. The third kappa shape index (κ3) is 2.22. The van der Waals surface area contributed by atoms with Gasteiger partial charge in [-0.15, -0.1) is 5.10 Å². The second-order valence-corrected chi connectivity index (χ2v) is 5.68. The second-order valence-electron chi connectivity index (χ2n) is 5.68. The van der Waals surface area contributed by atoms with Gasteiger partial charge in [0.15, 0.2) is 0 Å². The lowest BCUT2D eigenvalue weighted by Crippen LogP contribution is -2.25. The van der Waals surface area contributed by atoms with Crippen molar-refractivity contribution in [2.75, 3.05) is 5.32 Å². The van der Waals surface area contributed by atoms with Crippen LogP contribution in [-0.4, -0.2) is 26.1 Å². The summed E-state index contributed by atoms with van der Waals surface area (Å²) in [5.74, 6) is 1.28. The molecule has 1 fully saturated rings. The minimum Gasteiger partial charge on any atom is -0.326 e. The number of nitrogens with zero attached hydrogens (tertiary/aromatic N) is 4. The molecule has 0 saturated heterocycles. The van der Waals surface area contributed by atoms with Gasteiger partial charge in [0.05, 0.1) is 5.69 Å². The Morgan fingerprint density at radius 1 is 1.19 bits per heavy atom. The first kappa shape index (κ1) is 12.3. The third-order valence-corrected chi connectivity index (χ3v) is 4.36. The second kappa shape index (κ2) is 4.80. The van der Waals surface area contributed by atoms with Gasteiger partial charge in [0, 0.05) is 11.6 Å². The Morgan fingerprint density at radius 2 is 2.05 bits per heavy atom. The Bertz CT molecular complexity index is 677. The first-order valence-corrected chi connectivity index (χ1v) is 7.12. The molecule has 1 heterocycles. The van der Waals surface area contributed by atoms with Crippen LogP contribution in [0.1, 0.15) is 12.8 Å². The fourth-order valence-electron chi connectivity index (χ4n) is 3.29. The van der Waals surface area contributed by atoms with Crippen LogP contribution in [0.25, 0.3) is 5.69 Å². The zero-order chi connectivity index (χ0) is 14.2. The van der Waals surface area contributed by atoms with Crippen LogP contribution in [0.5, 0.6) is 0 Å². The molecule has 2 aliphatic rings. The first-order valence-electron chi connectivity index (χ1n) is 7.12. The largest absolute Gasteiger partial charge is 0.326 e. The molecule has 2 aromatic rings. The summed E-state index contributed by atoms with van der Waals surface area (Å²) in [6.45, 7) is 0. The van der Waals surface area contributed by atoms with Gasteiger partial charge in [0.2, 0.25) is 5.91 Å². The summed E-state index contributed by atoms with van der Waals surface area (Å²) in [4.78, 5) is 12.3. The Morgan fingerprint density at radius 3 is 2.67 bits per heavy atom. The normalized spacial score (nSPS) is 26.2. The molecule has 106 valence electrons. The van der Waals surface area contributed by atoms with Gasteiger partial charge in [-0.1, -0.05) is 12.2 Å². The molecule has 1 aromatic carbocycles. The maximum absolute atomic E-state index is 12.3. The zero-order valence-electron chi connectivity index (χ0n) is 11.4. The predicted molar refractivity (Wildman–Crippen MR) is 76.6 cm³/mol. The highest BCUT2D eigenvalue weighted by Gasteiger charge is 2.39. The van der Waals surface area contributed by atoms with Gasteiger partial charge in [-0.25, -0.2) is 4.68 Å². The molecular formula is C15H15N5O. The number of allylic oxidation sites excluding steroid dienone is 2. The van der Waals surface area contributed by atoms with Gasteiger partial charge < -0.3 is 5.32 Å². The van der Waals surface area contributed by atoms with Crippen LogP contribution in [0.15, 0.2) is 42.7 Å². The van der Waals surface area contributed by atoms with Crippen LogP contribution < -0.4 is 5.32 Å². The summed E-state index contributed by atoms with van der Waals surface area (Å²) in [7, 11) is 0. The highest BCUT2D eigenvalue weighted by Crippen LogP contribution is 2.43. The van der Waals surface area contributed by atoms with E-state index in [-0.39, 0.29) is 11.8 Å². The highest BCUT2D eigenvalue weighted by molar-refractivity contribution is 5.93. The average molecular weight is 281 g/mol. The average Bonchev–Trinajstić information content (AvgIpc) is 3.25. The number of carbonyl (C=O) groups is 1. The van der Waals surface area contributed by atoms with Crippen molar-refractivity contribution in [2.45, 2.75) is 12.8 Å². The number of hydrogen-bond donors (Lipinski definition) is 1. The molecule has 1 N–H and O–H groups in total. The van der Waals surface area contributed by atoms with Crippen LogP contribution in [0.4, 0.5) is 5.69 Å². The molecular weight excluding hydrogens is 266 g/mol. The van der Waals surface area contributed by atoms with Crippen molar-refractivity contribution >= 4 is 11.6 Å². The van der Waals surface area contributed by atoms with E-state index in [0.29, 0.717) is 11.8 Å². The predicted octanol–water partition coefficient (Wildman–Crippen LogP) is 1.81. The number of carbonyl (C=O) groups excluding carboxylic acids is 1. The van der Waals surface area contributed by atoms with Crippen LogP contribution in [0.3, 0.4) is 0 Å². The maximum atomic E-state index is 12.3. The van der Waals surface area contributed by atoms with Crippen LogP contribution in [0.2, 0.25) is 0 Å². The lowest BCUT2D eigenvalue weighted by molar-refractivity contribution is -0.120. The standard InChI is InChI=1S/C15H15N5O/c21-15(14-8-10-1-2-11(14)7-10)17-12-3-5-13(6-4-12)20-9-16-18-19-20/h1-6,9-11,14H,7-8H2,(H,17,21)/t10-,11-,14-/m0/s1. The van der Waals surface area contributed by atoms with E-state index in [2.05, 4.69) is 33.0 Å². The Kier molecular flexibility index (Phi) is 2.80. The van der Waals surface area contributed by atoms with E-state index in [4.69, 9.17) is 0 Å². The molecule has 6 heteroatoms. The number of aromatic nitrogens is 4. The molecule has 0 unspecified atom stereocenters. The topological polar surface area (TPSA) is 72.7 Å². The van der Waals surface area contributed by atoms with Gasteiger partial charge in [0.1, 0.15) is 6.33 Å². The molecule has 3 atom stereocenters. The highest BCUT2D eigenvalue weighted by atomic mass is 16.1. The van der Waals surface area contributed by atoms with Gasteiger partial charge in [-0.2, -0.15) is 0 Å². The lowest BCUT2D eigenvalue weighted by atomic mass is 9.93. The molecule has 2 aliphatic carbocycles. The molecule has 1 saturated carbocycles. The van der Waals surface area contributed by atoms with Crippen molar-refractivity contribution < 1.29 is 4.79 Å². The number of anilines is 1. The SMILES string of the molecule is O=C(Nc1ccc(-n2cnnn2)cc1)[C@H]1C[C@H]2C=C[C@H]1C2. The number of nitrogens with one attached hydrogen (secondary N) is 1. The maximum Gasteiger partial charge on any atom is 0.228 e. The van der Waals surface area contributed by atoms with Crippen molar-refractivity contribution in [3.05, 3.63) is 42.7 Å². The molecule has 2 bridgehead atoms. The van der Waals surface area contributed by atoms with E-state index >= 15 is 0 Å². The number of fused-ring (bicyclic) bond motifs is 2. The summed E-state index contributed by atoms with van der Waals surface area (Å²) < 4.78 is 1.58. The molecule has 1 aromatic heterocycles. The van der Waals surface area contributed by atoms with Gasteiger partial charge >= 0.3 is 0 Å². The molecule has 0 radical (unpaired) electrons. The van der Waals surface area contributed by atoms with E-state index in [1.807, 2.05) is 24.3 Å². The molecule has 0 aliphatic heterocycles. The molecule has 0 spiro atoms. The van der Waals surface area contributed by atoms with Crippen molar-refractivity contribution in [3.63, 3.8) is 0 Å². The Balaban J connectivity index is 1.45. The van der Waals surface area contributed by atoms with Crippen molar-refractivity contribution in [2.24, 2.45) is 17.8 Å². The van der Waals surface area contributed by atoms with Crippen molar-refractivity contribution in [3.8, 4) is 5.69 Å². The van der Waals surface area contributed by atoms with Crippen LogP contribution in [-0.2, 0) is 4.79 Å². The first-order chi connectivity index (χ1) is 10.3. The zero-order valence-corrected chi connectivity index (χ0v) is 11.4. The number of tetrazole rings is 1. The van der Waals surface area contributed by atoms with Gasteiger partial charge in [-0.3, -0.25) is 4.79 Å². The lowest BCUT2D eigenvalue weighted by Gasteiger charge is -2.17. The minimum absolute atomic E-state index is 0.124. The quantitative estimate of drug-likeness (QED) is 0.871. The summed E-state index contributed by atoms with van der Waals surface area (Å²) in [6, 6.07) is 7.51.